The van der Waals surface area contributed by atoms with Crippen molar-refractivity contribution in [3.63, 3.8) is 0 Å². The van der Waals surface area contributed by atoms with Gasteiger partial charge in [0.2, 0.25) is 5.91 Å². The molecule has 148 valence electrons. The van der Waals surface area contributed by atoms with E-state index in [4.69, 9.17) is 4.74 Å². The predicted molar refractivity (Wildman–Crippen MR) is 114 cm³/mol. The molecule has 2 aliphatic heterocycles. The van der Waals surface area contributed by atoms with E-state index in [1.807, 2.05) is 23.1 Å². The van der Waals surface area contributed by atoms with E-state index in [-0.39, 0.29) is 5.91 Å². The third-order valence-corrected chi connectivity index (χ3v) is 5.83. The van der Waals surface area contributed by atoms with Crippen LogP contribution in [0.25, 0.3) is 0 Å². The molecule has 4 rings (SSSR count). The number of aryl methyl sites for hydroxylation is 2. The molecule has 28 heavy (non-hydrogen) atoms. The smallest absolute Gasteiger partial charge is 0.242 e. The first-order valence-corrected chi connectivity index (χ1v) is 10.2. The lowest BCUT2D eigenvalue weighted by molar-refractivity contribution is -0.130. The van der Waals surface area contributed by atoms with Crippen molar-refractivity contribution in [2.45, 2.75) is 19.8 Å². The Bertz CT molecular complexity index is 843. The zero-order chi connectivity index (χ0) is 19.5. The lowest BCUT2D eigenvalue weighted by atomic mass is 9.99. The number of rotatable bonds is 4. The number of anilines is 2. The zero-order valence-corrected chi connectivity index (χ0v) is 16.9. The second-order valence-electron chi connectivity index (χ2n) is 7.70. The normalized spacial score (nSPS) is 16.7. The molecule has 2 aliphatic rings. The Morgan fingerprint density at radius 1 is 1.00 bits per heavy atom. The number of carbonyl (C=O) groups excluding carboxylic acids is 1. The summed E-state index contributed by atoms with van der Waals surface area (Å²) in [6.07, 6.45) is 2.23. The van der Waals surface area contributed by atoms with Crippen molar-refractivity contribution in [2.75, 3.05) is 56.2 Å². The zero-order valence-electron chi connectivity index (χ0n) is 16.9. The highest BCUT2D eigenvalue weighted by Crippen LogP contribution is 2.29. The van der Waals surface area contributed by atoms with Crippen molar-refractivity contribution in [1.29, 1.82) is 0 Å². The summed E-state index contributed by atoms with van der Waals surface area (Å²) in [5.74, 6) is 1.12. The average molecular weight is 380 g/mol. The van der Waals surface area contributed by atoms with Crippen LogP contribution in [0.5, 0.6) is 5.75 Å². The van der Waals surface area contributed by atoms with E-state index >= 15 is 0 Å². The maximum absolute atomic E-state index is 13.0. The summed E-state index contributed by atoms with van der Waals surface area (Å²) in [4.78, 5) is 19.5. The molecule has 0 aromatic heterocycles. The fraction of sp³-hybridized carbons (Fsp3) is 0.435. The third kappa shape index (κ3) is 3.79. The van der Waals surface area contributed by atoms with Gasteiger partial charge < -0.3 is 19.4 Å². The number of ether oxygens (including phenoxy) is 1. The highest BCUT2D eigenvalue weighted by molar-refractivity contribution is 5.82. The summed E-state index contributed by atoms with van der Waals surface area (Å²) >= 11 is 0. The van der Waals surface area contributed by atoms with Gasteiger partial charge in [-0.3, -0.25) is 4.79 Å². The highest BCUT2D eigenvalue weighted by Gasteiger charge is 2.26. The molecule has 5 nitrogen and oxygen atoms in total. The molecular weight excluding hydrogens is 350 g/mol. The fourth-order valence-electron chi connectivity index (χ4n) is 4.32. The number of benzene rings is 2. The van der Waals surface area contributed by atoms with Gasteiger partial charge in [-0.1, -0.05) is 29.8 Å². The first-order valence-electron chi connectivity index (χ1n) is 10.2. The van der Waals surface area contributed by atoms with Gasteiger partial charge in [0.05, 0.1) is 19.3 Å². The number of amides is 1. The summed E-state index contributed by atoms with van der Waals surface area (Å²) < 4.78 is 5.49. The van der Waals surface area contributed by atoms with E-state index in [0.717, 1.165) is 57.0 Å². The van der Waals surface area contributed by atoms with Gasteiger partial charge >= 0.3 is 0 Å². The molecule has 2 aromatic rings. The first kappa shape index (κ1) is 18.7. The Kier molecular flexibility index (Phi) is 5.42. The van der Waals surface area contributed by atoms with Crippen LogP contribution in [0, 0.1) is 6.92 Å². The van der Waals surface area contributed by atoms with E-state index in [1.54, 1.807) is 7.11 Å². The number of hydrogen-bond donors (Lipinski definition) is 0. The van der Waals surface area contributed by atoms with Gasteiger partial charge in [-0.2, -0.15) is 0 Å². The second kappa shape index (κ2) is 8.13. The Morgan fingerprint density at radius 2 is 1.79 bits per heavy atom. The molecule has 0 N–H and O–H groups in total. The molecule has 0 aliphatic carbocycles. The number of fused-ring (bicyclic) bond motifs is 1. The van der Waals surface area contributed by atoms with Crippen LogP contribution in [0.4, 0.5) is 11.4 Å². The Morgan fingerprint density at radius 3 is 2.57 bits per heavy atom. The lowest BCUT2D eigenvalue weighted by Crippen LogP contribution is -2.51. The summed E-state index contributed by atoms with van der Waals surface area (Å²) in [5.41, 5.74) is 5.01. The summed E-state index contributed by atoms with van der Waals surface area (Å²) in [6.45, 7) is 6.75. The Balaban J connectivity index is 1.38. The van der Waals surface area contributed by atoms with Crippen molar-refractivity contribution in [3.8, 4) is 5.75 Å². The number of methoxy groups -OCH3 is 1. The molecule has 1 fully saturated rings. The van der Waals surface area contributed by atoms with Crippen molar-refractivity contribution < 1.29 is 9.53 Å². The molecule has 1 saturated heterocycles. The molecule has 0 unspecified atom stereocenters. The van der Waals surface area contributed by atoms with Gasteiger partial charge in [-0.15, -0.1) is 0 Å². The number of nitrogens with zero attached hydrogens (tertiary/aromatic N) is 3. The SMILES string of the molecule is COc1ccccc1N1CCN(C(=O)CN2CCCc3cc(C)ccc32)CC1. The highest BCUT2D eigenvalue weighted by atomic mass is 16.5. The molecule has 0 radical (unpaired) electrons. The lowest BCUT2D eigenvalue weighted by Gasteiger charge is -2.38. The van der Waals surface area contributed by atoms with E-state index in [2.05, 4.69) is 41.0 Å². The summed E-state index contributed by atoms with van der Waals surface area (Å²) in [7, 11) is 1.70. The van der Waals surface area contributed by atoms with Gasteiger partial charge in [0.15, 0.2) is 0 Å². The molecule has 0 saturated carbocycles. The molecule has 2 heterocycles. The molecule has 0 spiro atoms. The number of hydrogen-bond acceptors (Lipinski definition) is 4. The van der Waals surface area contributed by atoms with E-state index in [0.29, 0.717) is 6.54 Å². The number of para-hydroxylation sites is 2. The average Bonchev–Trinajstić information content (AvgIpc) is 2.73. The quantitative estimate of drug-likeness (QED) is 0.818. The van der Waals surface area contributed by atoms with Gasteiger partial charge in [0.1, 0.15) is 5.75 Å². The third-order valence-electron chi connectivity index (χ3n) is 5.83. The van der Waals surface area contributed by atoms with Crippen LogP contribution in [0.1, 0.15) is 17.5 Å². The van der Waals surface area contributed by atoms with Crippen LogP contribution in [-0.2, 0) is 11.2 Å². The van der Waals surface area contributed by atoms with Crippen molar-refractivity contribution >= 4 is 17.3 Å². The largest absolute Gasteiger partial charge is 0.495 e. The van der Waals surface area contributed by atoms with Crippen molar-refractivity contribution in [2.24, 2.45) is 0 Å². The molecule has 0 bridgehead atoms. The fourth-order valence-corrected chi connectivity index (χ4v) is 4.32. The number of carbonyl (C=O) groups is 1. The number of piperazine rings is 1. The van der Waals surface area contributed by atoms with Crippen molar-refractivity contribution in [1.82, 2.24) is 4.90 Å². The van der Waals surface area contributed by atoms with Crippen LogP contribution in [0.15, 0.2) is 42.5 Å². The Labute approximate surface area is 167 Å². The predicted octanol–water partition coefficient (Wildman–Crippen LogP) is 3.11. The maximum Gasteiger partial charge on any atom is 0.242 e. The van der Waals surface area contributed by atoms with E-state index < -0.39 is 0 Å². The van der Waals surface area contributed by atoms with Crippen LogP contribution >= 0.6 is 0 Å². The summed E-state index contributed by atoms with van der Waals surface area (Å²) in [6, 6.07) is 14.7. The standard InChI is InChI=1S/C23H29N3O2/c1-18-9-10-20-19(16-18)6-5-11-26(20)17-23(27)25-14-12-24(13-15-25)21-7-3-4-8-22(21)28-2/h3-4,7-10,16H,5-6,11-15,17H2,1-2H3. The van der Waals surface area contributed by atoms with Crippen LogP contribution in [-0.4, -0.2) is 57.2 Å². The minimum absolute atomic E-state index is 0.230. The van der Waals surface area contributed by atoms with Gasteiger partial charge in [0, 0.05) is 38.4 Å². The minimum atomic E-state index is 0.230. The Hall–Kier alpha value is -2.69. The topological polar surface area (TPSA) is 36.0 Å². The minimum Gasteiger partial charge on any atom is -0.495 e. The van der Waals surface area contributed by atoms with Crippen LogP contribution in [0.2, 0.25) is 0 Å². The van der Waals surface area contributed by atoms with E-state index in [9.17, 15) is 4.79 Å². The van der Waals surface area contributed by atoms with Crippen molar-refractivity contribution in [3.05, 3.63) is 53.6 Å². The molecule has 1 amide bonds. The van der Waals surface area contributed by atoms with Gasteiger partial charge in [-0.25, -0.2) is 0 Å². The molecule has 0 atom stereocenters. The molecule has 5 heteroatoms. The maximum atomic E-state index is 13.0. The summed E-state index contributed by atoms with van der Waals surface area (Å²) in [5, 5.41) is 0. The van der Waals surface area contributed by atoms with Gasteiger partial charge in [0.25, 0.3) is 0 Å². The van der Waals surface area contributed by atoms with E-state index in [1.165, 1.54) is 16.8 Å². The first-order chi connectivity index (χ1) is 13.7. The monoisotopic (exact) mass is 379 g/mol. The van der Waals surface area contributed by atoms with Crippen LogP contribution in [0.3, 0.4) is 0 Å². The molecule has 2 aromatic carbocycles. The van der Waals surface area contributed by atoms with Gasteiger partial charge in [-0.05, 0) is 43.5 Å². The second-order valence-corrected chi connectivity index (χ2v) is 7.70. The van der Waals surface area contributed by atoms with Crippen LogP contribution < -0.4 is 14.5 Å². The molecular formula is C23H29N3O2.